The Morgan fingerprint density at radius 3 is 2.62 bits per heavy atom. The Balaban J connectivity index is 1.59. The summed E-state index contributed by atoms with van der Waals surface area (Å²) in [6.45, 7) is 5.21. The second kappa shape index (κ2) is 7.02. The van der Waals surface area contributed by atoms with Crippen LogP contribution >= 0.6 is 0 Å². The molecular formula is C20H23FN4O. The highest BCUT2D eigenvalue weighted by Gasteiger charge is 2.26. The van der Waals surface area contributed by atoms with Crippen molar-refractivity contribution in [2.24, 2.45) is 0 Å². The second-order valence-electron chi connectivity index (χ2n) is 7.02. The van der Waals surface area contributed by atoms with Crippen molar-refractivity contribution in [1.82, 2.24) is 14.9 Å². The first-order valence-corrected chi connectivity index (χ1v) is 9.28. The first kappa shape index (κ1) is 16.9. The van der Waals surface area contributed by atoms with Crippen LogP contribution in [0.4, 0.5) is 10.2 Å². The summed E-state index contributed by atoms with van der Waals surface area (Å²) in [5.74, 6) is 1.33. The summed E-state index contributed by atoms with van der Waals surface area (Å²) in [5, 5.41) is 0. The number of fused-ring (bicyclic) bond motifs is 1. The highest BCUT2D eigenvalue weighted by molar-refractivity contribution is 5.94. The molecule has 0 spiro atoms. The van der Waals surface area contributed by atoms with Gasteiger partial charge in [0.25, 0.3) is 5.91 Å². The first-order valence-electron chi connectivity index (χ1n) is 9.28. The molecule has 0 unspecified atom stereocenters. The van der Waals surface area contributed by atoms with Crippen molar-refractivity contribution in [3.63, 3.8) is 0 Å². The van der Waals surface area contributed by atoms with Crippen molar-refractivity contribution in [2.75, 3.05) is 31.1 Å². The average Bonchev–Trinajstić information content (AvgIpc) is 3.08. The van der Waals surface area contributed by atoms with E-state index >= 15 is 0 Å². The highest BCUT2D eigenvalue weighted by atomic mass is 19.1. The summed E-state index contributed by atoms with van der Waals surface area (Å²) in [7, 11) is 0. The van der Waals surface area contributed by atoms with Gasteiger partial charge < -0.3 is 9.80 Å². The van der Waals surface area contributed by atoms with Crippen LogP contribution in [0.2, 0.25) is 0 Å². The minimum Gasteiger partial charge on any atom is -0.356 e. The predicted molar refractivity (Wildman–Crippen MR) is 97.9 cm³/mol. The molecule has 0 aliphatic carbocycles. The zero-order valence-electron chi connectivity index (χ0n) is 15.0. The molecule has 3 heterocycles. The maximum atomic E-state index is 13.5. The van der Waals surface area contributed by atoms with Crippen LogP contribution in [0.25, 0.3) is 0 Å². The number of aromatic nitrogens is 2. The van der Waals surface area contributed by atoms with Crippen LogP contribution in [0.5, 0.6) is 0 Å². The van der Waals surface area contributed by atoms with Crippen molar-refractivity contribution in [1.29, 1.82) is 0 Å². The molecule has 5 nitrogen and oxygen atoms in total. The number of benzene rings is 1. The third-order valence-electron chi connectivity index (χ3n) is 5.20. The molecule has 2 aromatic rings. The predicted octanol–water partition coefficient (Wildman–Crippen LogP) is 2.77. The lowest BCUT2D eigenvalue weighted by Crippen LogP contribution is -2.33. The number of amides is 1. The zero-order chi connectivity index (χ0) is 18.1. The van der Waals surface area contributed by atoms with Crippen LogP contribution in [0, 0.1) is 12.7 Å². The van der Waals surface area contributed by atoms with E-state index in [1.54, 1.807) is 17.0 Å². The number of halogens is 1. The van der Waals surface area contributed by atoms with Crippen LogP contribution in [-0.4, -0.2) is 47.0 Å². The molecule has 136 valence electrons. The number of rotatable bonds is 2. The van der Waals surface area contributed by atoms with Gasteiger partial charge in [-0.3, -0.25) is 4.79 Å². The Hall–Kier alpha value is -2.50. The Kier molecular flexibility index (Phi) is 4.57. The van der Waals surface area contributed by atoms with Crippen LogP contribution < -0.4 is 4.90 Å². The number of hydrogen-bond acceptors (Lipinski definition) is 4. The summed E-state index contributed by atoms with van der Waals surface area (Å²) in [5.41, 5.74) is 2.62. The molecule has 1 aromatic heterocycles. The van der Waals surface area contributed by atoms with Gasteiger partial charge in [0.2, 0.25) is 0 Å². The lowest BCUT2D eigenvalue weighted by molar-refractivity contribution is 0.0762. The first-order chi connectivity index (χ1) is 12.6. The SMILES string of the molecule is Cc1nc2c(c(N3CCCC3)n1)CCN(C(=O)c1cccc(F)c1)CC2. The Morgan fingerprint density at radius 1 is 1.08 bits per heavy atom. The molecule has 0 saturated carbocycles. The number of aryl methyl sites for hydroxylation is 1. The zero-order valence-corrected chi connectivity index (χ0v) is 15.0. The fourth-order valence-corrected chi connectivity index (χ4v) is 3.90. The summed E-state index contributed by atoms with van der Waals surface area (Å²) in [4.78, 5) is 26.3. The fourth-order valence-electron chi connectivity index (χ4n) is 3.90. The van der Waals surface area contributed by atoms with Crippen LogP contribution in [-0.2, 0) is 12.8 Å². The van der Waals surface area contributed by atoms with Gasteiger partial charge in [0.15, 0.2) is 0 Å². The van der Waals surface area contributed by atoms with E-state index in [1.807, 2.05) is 6.92 Å². The lowest BCUT2D eigenvalue weighted by atomic mass is 10.1. The Bertz CT molecular complexity index is 833. The number of anilines is 1. The number of carbonyl (C=O) groups is 1. The smallest absolute Gasteiger partial charge is 0.253 e. The molecule has 1 fully saturated rings. The largest absolute Gasteiger partial charge is 0.356 e. The molecule has 26 heavy (non-hydrogen) atoms. The molecule has 0 bridgehead atoms. The van der Waals surface area contributed by atoms with E-state index in [4.69, 9.17) is 4.98 Å². The van der Waals surface area contributed by atoms with E-state index in [2.05, 4.69) is 9.88 Å². The molecular weight excluding hydrogens is 331 g/mol. The van der Waals surface area contributed by atoms with Crippen molar-refractivity contribution in [3.05, 3.63) is 52.7 Å². The third kappa shape index (κ3) is 3.28. The minimum absolute atomic E-state index is 0.121. The maximum Gasteiger partial charge on any atom is 0.253 e. The van der Waals surface area contributed by atoms with E-state index in [1.165, 1.54) is 30.5 Å². The van der Waals surface area contributed by atoms with E-state index < -0.39 is 0 Å². The van der Waals surface area contributed by atoms with Gasteiger partial charge in [0.05, 0.1) is 5.69 Å². The van der Waals surface area contributed by atoms with Crippen LogP contribution in [0.3, 0.4) is 0 Å². The number of carbonyl (C=O) groups excluding carboxylic acids is 1. The number of nitrogens with zero attached hydrogens (tertiary/aromatic N) is 4. The van der Waals surface area contributed by atoms with E-state index in [9.17, 15) is 9.18 Å². The third-order valence-corrected chi connectivity index (χ3v) is 5.20. The van der Waals surface area contributed by atoms with Crippen molar-refractivity contribution >= 4 is 11.7 Å². The molecule has 0 N–H and O–H groups in total. The van der Waals surface area contributed by atoms with E-state index in [-0.39, 0.29) is 11.7 Å². The molecule has 1 amide bonds. The molecule has 4 rings (SSSR count). The Labute approximate surface area is 152 Å². The van der Waals surface area contributed by atoms with Gasteiger partial charge in [-0.1, -0.05) is 6.07 Å². The number of hydrogen-bond donors (Lipinski definition) is 0. The molecule has 0 radical (unpaired) electrons. The van der Waals surface area contributed by atoms with Crippen LogP contribution in [0.15, 0.2) is 24.3 Å². The highest BCUT2D eigenvalue weighted by Crippen LogP contribution is 2.27. The summed E-state index contributed by atoms with van der Waals surface area (Å²) < 4.78 is 13.5. The van der Waals surface area contributed by atoms with Gasteiger partial charge in [0, 0.05) is 43.7 Å². The summed E-state index contributed by atoms with van der Waals surface area (Å²) >= 11 is 0. The van der Waals surface area contributed by atoms with Gasteiger partial charge in [-0.2, -0.15) is 0 Å². The van der Waals surface area contributed by atoms with Gasteiger partial charge >= 0.3 is 0 Å². The maximum absolute atomic E-state index is 13.5. The molecule has 6 heteroatoms. The fraction of sp³-hybridized carbons (Fsp3) is 0.450. The lowest BCUT2D eigenvalue weighted by Gasteiger charge is -2.22. The van der Waals surface area contributed by atoms with Gasteiger partial charge in [-0.25, -0.2) is 14.4 Å². The van der Waals surface area contributed by atoms with Crippen molar-refractivity contribution in [2.45, 2.75) is 32.6 Å². The molecule has 2 aliphatic heterocycles. The van der Waals surface area contributed by atoms with Crippen LogP contribution in [0.1, 0.15) is 40.3 Å². The van der Waals surface area contributed by atoms with Crippen molar-refractivity contribution < 1.29 is 9.18 Å². The van der Waals surface area contributed by atoms with E-state index in [0.29, 0.717) is 25.1 Å². The average molecular weight is 354 g/mol. The van der Waals surface area contributed by atoms with Gasteiger partial charge in [-0.05, 0) is 44.4 Å². The van der Waals surface area contributed by atoms with Gasteiger partial charge in [0.1, 0.15) is 17.5 Å². The quantitative estimate of drug-likeness (QED) is 0.832. The summed E-state index contributed by atoms with van der Waals surface area (Å²) in [6.07, 6.45) is 3.84. The van der Waals surface area contributed by atoms with Crippen molar-refractivity contribution in [3.8, 4) is 0 Å². The second-order valence-corrected chi connectivity index (χ2v) is 7.02. The normalized spacial score (nSPS) is 17.2. The molecule has 1 saturated heterocycles. The van der Waals surface area contributed by atoms with Gasteiger partial charge in [-0.15, -0.1) is 0 Å². The monoisotopic (exact) mass is 354 g/mol. The summed E-state index contributed by atoms with van der Waals surface area (Å²) in [6, 6.07) is 5.91. The Morgan fingerprint density at radius 2 is 1.85 bits per heavy atom. The molecule has 1 aromatic carbocycles. The standard InChI is InChI=1S/C20H23FN4O/c1-14-22-18-8-12-25(20(26)15-5-4-6-16(21)13-15)11-7-17(18)19(23-14)24-9-2-3-10-24/h4-6,13H,2-3,7-12H2,1H3. The van der Waals surface area contributed by atoms with E-state index in [0.717, 1.165) is 36.8 Å². The molecule has 2 aliphatic rings. The minimum atomic E-state index is -0.383. The topological polar surface area (TPSA) is 49.3 Å². The molecule has 0 atom stereocenters.